The number of H-pyrrole nitrogens is 1. The molecule has 0 aliphatic carbocycles. The van der Waals surface area contributed by atoms with Crippen molar-refractivity contribution in [3.05, 3.63) is 57.9 Å². The fourth-order valence-electron chi connectivity index (χ4n) is 2.29. The maximum atomic E-state index is 11.4. The summed E-state index contributed by atoms with van der Waals surface area (Å²) in [6.07, 6.45) is 6.58. The third-order valence-corrected chi connectivity index (χ3v) is 4.22. The van der Waals surface area contributed by atoms with Gasteiger partial charge in [0.2, 0.25) is 0 Å². The SMILES string of the molecule is CC.C[NH2+]/C(=C\C=C(/C)C(=O)OC)Cc1c[nH]c2cccc(Br)c12. The van der Waals surface area contributed by atoms with Gasteiger partial charge in [-0.25, -0.2) is 4.79 Å². The van der Waals surface area contributed by atoms with Gasteiger partial charge in [0.05, 0.1) is 14.2 Å². The lowest BCUT2D eigenvalue weighted by molar-refractivity contribution is -0.577. The predicted octanol–water partition coefficient (Wildman–Crippen LogP) is 3.70. The Hall–Kier alpha value is -1.85. The fourth-order valence-corrected chi connectivity index (χ4v) is 2.91. The van der Waals surface area contributed by atoms with Gasteiger partial charge in [-0.2, -0.15) is 0 Å². The summed E-state index contributed by atoms with van der Waals surface area (Å²) in [4.78, 5) is 14.7. The molecule has 0 aliphatic heterocycles. The van der Waals surface area contributed by atoms with E-state index in [1.54, 1.807) is 13.0 Å². The Bertz CT molecular complexity index is 745. The average molecular weight is 394 g/mol. The number of ether oxygens (including phenoxy) is 1. The highest BCUT2D eigenvalue weighted by atomic mass is 79.9. The van der Waals surface area contributed by atoms with E-state index in [9.17, 15) is 4.79 Å². The number of nitrogens with one attached hydrogen (secondary N) is 1. The summed E-state index contributed by atoms with van der Waals surface area (Å²) in [6.45, 7) is 5.75. The molecule has 2 rings (SSSR count). The monoisotopic (exact) mass is 393 g/mol. The third-order valence-electron chi connectivity index (χ3n) is 3.56. The number of allylic oxidation sites excluding steroid dienone is 3. The molecule has 2 aromatic rings. The first-order chi connectivity index (χ1) is 11.6. The molecule has 130 valence electrons. The van der Waals surface area contributed by atoms with E-state index in [2.05, 4.69) is 32.3 Å². The van der Waals surface area contributed by atoms with Gasteiger partial charge in [-0.05, 0) is 36.8 Å². The van der Waals surface area contributed by atoms with Gasteiger partial charge in [0, 0.05) is 33.6 Å². The average Bonchev–Trinajstić information content (AvgIpc) is 3.03. The van der Waals surface area contributed by atoms with Crippen molar-refractivity contribution < 1.29 is 14.8 Å². The highest BCUT2D eigenvalue weighted by Gasteiger charge is 2.10. The Balaban J connectivity index is 0.00000139. The minimum absolute atomic E-state index is 0.304. The summed E-state index contributed by atoms with van der Waals surface area (Å²) in [5.74, 6) is -0.304. The minimum Gasteiger partial charge on any atom is -0.466 e. The number of fused-ring (bicyclic) bond motifs is 1. The van der Waals surface area contributed by atoms with Crippen LogP contribution in [0, 0.1) is 0 Å². The van der Waals surface area contributed by atoms with Gasteiger partial charge in [0.25, 0.3) is 0 Å². The molecule has 0 aliphatic rings. The second-order valence-electron chi connectivity index (χ2n) is 5.02. The van der Waals surface area contributed by atoms with Gasteiger partial charge in [-0.1, -0.05) is 35.8 Å². The number of likely N-dealkylation sites (N-methyl/N-ethyl adjacent to an activating group) is 1. The second kappa shape index (κ2) is 10.1. The standard InChI is InChI=1S/C17H19BrN2O2.C2H6/c1-11(17(21)22-3)7-8-13(19-2)9-12-10-20-15-6-4-5-14(18)16(12)15;1-2/h4-8,10,19-20H,9H2,1-3H3;1-2H3/p+1/b11-7+,13-8-;. The Morgan fingerprint density at radius 2 is 2.04 bits per heavy atom. The second-order valence-corrected chi connectivity index (χ2v) is 5.88. The highest BCUT2D eigenvalue weighted by Crippen LogP contribution is 2.27. The number of aromatic nitrogens is 1. The Kier molecular flexibility index (Phi) is 8.50. The van der Waals surface area contributed by atoms with Gasteiger partial charge in [-0.3, -0.25) is 0 Å². The topological polar surface area (TPSA) is 58.7 Å². The quantitative estimate of drug-likeness (QED) is 0.462. The van der Waals surface area contributed by atoms with Crippen molar-refractivity contribution in [1.29, 1.82) is 0 Å². The van der Waals surface area contributed by atoms with Crippen molar-refractivity contribution >= 4 is 32.8 Å². The van der Waals surface area contributed by atoms with Crippen LogP contribution < -0.4 is 5.32 Å². The molecule has 1 aromatic carbocycles. The molecule has 3 N–H and O–H groups in total. The van der Waals surface area contributed by atoms with Crippen LogP contribution >= 0.6 is 15.9 Å². The summed E-state index contributed by atoms with van der Waals surface area (Å²) in [7, 11) is 3.39. The molecule has 0 saturated carbocycles. The van der Waals surface area contributed by atoms with Crippen LogP contribution in [-0.4, -0.2) is 25.1 Å². The van der Waals surface area contributed by atoms with Crippen molar-refractivity contribution in [1.82, 2.24) is 4.98 Å². The number of carbonyl (C=O) groups is 1. The van der Waals surface area contributed by atoms with Gasteiger partial charge >= 0.3 is 5.97 Å². The number of carbonyl (C=O) groups excluding carboxylic acids is 1. The molecular weight excluding hydrogens is 368 g/mol. The number of benzene rings is 1. The Labute approximate surface area is 152 Å². The van der Waals surface area contributed by atoms with Crippen LogP contribution in [0.3, 0.4) is 0 Å². The first-order valence-electron chi connectivity index (χ1n) is 8.06. The molecule has 0 bridgehead atoms. The number of quaternary nitrogens is 1. The molecule has 0 spiro atoms. The van der Waals surface area contributed by atoms with Crippen LogP contribution in [0.4, 0.5) is 0 Å². The summed E-state index contributed by atoms with van der Waals surface area (Å²) >= 11 is 3.61. The molecular formula is C19H26BrN2O2+. The smallest absolute Gasteiger partial charge is 0.333 e. The van der Waals surface area contributed by atoms with E-state index in [1.807, 2.05) is 45.3 Å². The molecule has 1 aromatic heterocycles. The Morgan fingerprint density at radius 1 is 1.33 bits per heavy atom. The lowest BCUT2D eigenvalue weighted by atomic mass is 10.1. The van der Waals surface area contributed by atoms with E-state index >= 15 is 0 Å². The Morgan fingerprint density at radius 3 is 2.67 bits per heavy atom. The zero-order valence-electron chi connectivity index (χ0n) is 14.9. The molecule has 5 heteroatoms. The van der Waals surface area contributed by atoms with Crippen molar-refractivity contribution in [3.63, 3.8) is 0 Å². The van der Waals surface area contributed by atoms with E-state index in [1.165, 1.54) is 18.1 Å². The van der Waals surface area contributed by atoms with E-state index < -0.39 is 0 Å². The number of methoxy groups -OCH3 is 1. The van der Waals surface area contributed by atoms with Crippen LogP contribution in [0.1, 0.15) is 26.3 Å². The van der Waals surface area contributed by atoms with Crippen LogP contribution in [0.15, 0.2) is 52.3 Å². The van der Waals surface area contributed by atoms with Crippen molar-refractivity contribution in [2.75, 3.05) is 14.2 Å². The summed E-state index contributed by atoms with van der Waals surface area (Å²) < 4.78 is 5.78. The molecule has 0 amide bonds. The van der Waals surface area contributed by atoms with E-state index in [-0.39, 0.29) is 5.97 Å². The first kappa shape index (κ1) is 20.2. The number of hydrogen-bond donors (Lipinski definition) is 2. The number of aromatic amines is 1. The molecule has 4 nitrogen and oxygen atoms in total. The van der Waals surface area contributed by atoms with E-state index in [0.717, 1.165) is 22.1 Å². The molecule has 0 atom stereocenters. The zero-order valence-corrected chi connectivity index (χ0v) is 16.5. The summed E-state index contributed by atoms with van der Waals surface area (Å²) in [5, 5.41) is 3.25. The number of rotatable bonds is 5. The molecule has 1 heterocycles. The summed E-state index contributed by atoms with van der Waals surface area (Å²) in [6, 6.07) is 6.11. The van der Waals surface area contributed by atoms with Crippen LogP contribution in [0.2, 0.25) is 0 Å². The number of esters is 1. The number of nitrogens with two attached hydrogens (primary N) is 1. The van der Waals surface area contributed by atoms with Gasteiger partial charge < -0.3 is 15.0 Å². The first-order valence-corrected chi connectivity index (χ1v) is 8.85. The third kappa shape index (κ3) is 5.08. The largest absolute Gasteiger partial charge is 0.466 e. The van der Waals surface area contributed by atoms with E-state index in [4.69, 9.17) is 4.74 Å². The fraction of sp³-hybridized carbons (Fsp3) is 0.316. The van der Waals surface area contributed by atoms with Crippen LogP contribution in [0.25, 0.3) is 10.9 Å². The number of halogens is 1. The minimum atomic E-state index is -0.304. The molecule has 0 unspecified atom stereocenters. The van der Waals surface area contributed by atoms with E-state index in [0.29, 0.717) is 5.57 Å². The van der Waals surface area contributed by atoms with Gasteiger partial charge in [-0.15, -0.1) is 0 Å². The maximum Gasteiger partial charge on any atom is 0.333 e. The van der Waals surface area contributed by atoms with Crippen molar-refractivity contribution in [2.45, 2.75) is 27.2 Å². The lowest BCUT2D eigenvalue weighted by Crippen LogP contribution is -2.77. The maximum absolute atomic E-state index is 11.4. The van der Waals surface area contributed by atoms with Crippen LogP contribution in [0.5, 0.6) is 0 Å². The predicted molar refractivity (Wildman–Crippen MR) is 103 cm³/mol. The summed E-state index contributed by atoms with van der Waals surface area (Å²) in [5.41, 5.74) is 4.05. The lowest BCUT2D eigenvalue weighted by Gasteiger charge is -2.03. The highest BCUT2D eigenvalue weighted by molar-refractivity contribution is 9.10. The van der Waals surface area contributed by atoms with Gasteiger partial charge in [0.15, 0.2) is 0 Å². The molecule has 24 heavy (non-hydrogen) atoms. The zero-order chi connectivity index (χ0) is 18.1. The van der Waals surface area contributed by atoms with Crippen molar-refractivity contribution in [3.8, 4) is 0 Å². The number of hydrogen-bond acceptors (Lipinski definition) is 2. The van der Waals surface area contributed by atoms with Gasteiger partial charge in [0.1, 0.15) is 5.70 Å². The molecule has 0 fully saturated rings. The van der Waals surface area contributed by atoms with Crippen molar-refractivity contribution in [2.24, 2.45) is 0 Å². The van der Waals surface area contributed by atoms with Crippen LogP contribution in [-0.2, 0) is 16.0 Å². The molecule has 0 radical (unpaired) electrons. The normalized spacial score (nSPS) is 11.9. The molecule has 0 saturated heterocycles.